The van der Waals surface area contributed by atoms with Gasteiger partial charge in [0.1, 0.15) is 0 Å². The van der Waals surface area contributed by atoms with Crippen molar-refractivity contribution in [2.24, 2.45) is 5.92 Å². The van der Waals surface area contributed by atoms with Crippen LogP contribution in [0.4, 0.5) is 0 Å². The fourth-order valence-electron chi connectivity index (χ4n) is 2.45. The number of piperidine rings is 1. The number of nitrogens with one attached hydrogen (secondary N) is 1. The molecular formula is C15H19ClN2O2. The zero-order valence-electron chi connectivity index (χ0n) is 11.6. The third-order valence-corrected chi connectivity index (χ3v) is 4.02. The van der Waals surface area contributed by atoms with E-state index in [1.807, 2.05) is 18.2 Å². The minimum atomic E-state index is -0.116. The Labute approximate surface area is 124 Å². The second-order valence-electron chi connectivity index (χ2n) is 5.11. The van der Waals surface area contributed by atoms with Crippen LogP contribution in [0.15, 0.2) is 24.3 Å². The molecule has 108 valence electrons. The third kappa shape index (κ3) is 3.73. The quantitative estimate of drug-likeness (QED) is 0.929. The van der Waals surface area contributed by atoms with Crippen molar-refractivity contribution in [2.45, 2.75) is 26.3 Å². The first-order valence-electron chi connectivity index (χ1n) is 6.84. The molecule has 1 atom stereocenters. The molecule has 1 fully saturated rings. The molecule has 1 aromatic rings. The monoisotopic (exact) mass is 294 g/mol. The second-order valence-corrected chi connectivity index (χ2v) is 5.52. The summed E-state index contributed by atoms with van der Waals surface area (Å²) in [5, 5.41) is 3.56. The Balaban J connectivity index is 1.89. The van der Waals surface area contributed by atoms with Gasteiger partial charge in [-0.15, -0.1) is 0 Å². The van der Waals surface area contributed by atoms with Crippen LogP contribution in [0.5, 0.6) is 0 Å². The molecule has 1 N–H and O–H groups in total. The zero-order chi connectivity index (χ0) is 14.5. The number of carbonyl (C=O) groups excluding carboxylic acids is 2. The Morgan fingerprint density at radius 1 is 1.40 bits per heavy atom. The molecule has 2 rings (SSSR count). The van der Waals surface area contributed by atoms with Gasteiger partial charge in [-0.25, -0.2) is 0 Å². The van der Waals surface area contributed by atoms with Crippen LogP contribution in [-0.2, 0) is 16.1 Å². The molecule has 1 heterocycles. The van der Waals surface area contributed by atoms with Crippen LogP contribution in [0.2, 0.25) is 5.02 Å². The molecule has 0 unspecified atom stereocenters. The van der Waals surface area contributed by atoms with E-state index in [1.165, 1.54) is 0 Å². The predicted octanol–water partition coefficient (Wildman–Crippen LogP) is 2.21. The summed E-state index contributed by atoms with van der Waals surface area (Å²) in [6.07, 6.45) is 1.71. The number of hydrogen-bond acceptors (Lipinski definition) is 2. The number of nitrogens with zero attached hydrogens (tertiary/aromatic N) is 1. The molecule has 0 aromatic heterocycles. The maximum absolute atomic E-state index is 12.2. The number of benzene rings is 1. The van der Waals surface area contributed by atoms with Crippen molar-refractivity contribution in [1.82, 2.24) is 10.2 Å². The van der Waals surface area contributed by atoms with Gasteiger partial charge in [0.15, 0.2) is 0 Å². The fraction of sp³-hybridized carbons (Fsp3) is 0.467. The van der Waals surface area contributed by atoms with E-state index in [0.29, 0.717) is 18.1 Å². The lowest BCUT2D eigenvalue weighted by atomic mass is 9.97. The van der Waals surface area contributed by atoms with Gasteiger partial charge in [-0.3, -0.25) is 9.59 Å². The van der Waals surface area contributed by atoms with Gasteiger partial charge in [0, 0.05) is 31.6 Å². The van der Waals surface area contributed by atoms with Crippen molar-refractivity contribution in [3.05, 3.63) is 34.9 Å². The van der Waals surface area contributed by atoms with Crippen molar-refractivity contribution < 1.29 is 9.59 Å². The highest BCUT2D eigenvalue weighted by molar-refractivity contribution is 6.31. The summed E-state index contributed by atoms with van der Waals surface area (Å²) < 4.78 is 0. The van der Waals surface area contributed by atoms with Crippen molar-refractivity contribution in [3.63, 3.8) is 0 Å². The molecule has 1 saturated heterocycles. The number of halogens is 1. The summed E-state index contributed by atoms with van der Waals surface area (Å²) in [4.78, 5) is 25.3. The molecule has 0 bridgehead atoms. The van der Waals surface area contributed by atoms with Gasteiger partial charge in [-0.2, -0.15) is 0 Å². The first-order valence-corrected chi connectivity index (χ1v) is 7.22. The van der Waals surface area contributed by atoms with Crippen LogP contribution in [0.25, 0.3) is 0 Å². The third-order valence-electron chi connectivity index (χ3n) is 3.65. The molecule has 2 amide bonds. The molecule has 1 aromatic carbocycles. The van der Waals surface area contributed by atoms with Crippen molar-refractivity contribution in [3.8, 4) is 0 Å². The Morgan fingerprint density at radius 2 is 2.15 bits per heavy atom. The second kappa shape index (κ2) is 6.75. The summed E-state index contributed by atoms with van der Waals surface area (Å²) in [5.74, 6) is -0.0837. The number of likely N-dealkylation sites (tertiary alicyclic amines) is 1. The van der Waals surface area contributed by atoms with Crippen molar-refractivity contribution in [2.75, 3.05) is 13.1 Å². The Morgan fingerprint density at radius 3 is 2.85 bits per heavy atom. The molecule has 0 spiro atoms. The van der Waals surface area contributed by atoms with E-state index >= 15 is 0 Å². The van der Waals surface area contributed by atoms with Crippen LogP contribution >= 0.6 is 11.6 Å². The summed E-state index contributed by atoms with van der Waals surface area (Å²) in [6.45, 7) is 3.24. The highest BCUT2D eigenvalue weighted by atomic mass is 35.5. The predicted molar refractivity (Wildman–Crippen MR) is 78.3 cm³/mol. The van der Waals surface area contributed by atoms with Gasteiger partial charge in [0.2, 0.25) is 11.8 Å². The molecule has 4 nitrogen and oxygen atoms in total. The molecule has 20 heavy (non-hydrogen) atoms. The Bertz CT molecular complexity index is 504. The average Bonchev–Trinajstić information content (AvgIpc) is 2.46. The van der Waals surface area contributed by atoms with E-state index in [9.17, 15) is 9.59 Å². The SMILES string of the molecule is CC(=O)N1CCC[C@H](C(=O)NCc2ccccc2Cl)C1. The van der Waals surface area contributed by atoms with Gasteiger partial charge >= 0.3 is 0 Å². The topological polar surface area (TPSA) is 49.4 Å². The summed E-state index contributed by atoms with van der Waals surface area (Å²) in [5.41, 5.74) is 0.904. The van der Waals surface area contributed by atoms with Gasteiger partial charge in [-0.1, -0.05) is 29.8 Å². The van der Waals surface area contributed by atoms with E-state index < -0.39 is 0 Å². The maximum atomic E-state index is 12.2. The van der Waals surface area contributed by atoms with Crippen LogP contribution in [0.3, 0.4) is 0 Å². The molecule has 1 aliphatic rings. The fourth-order valence-corrected chi connectivity index (χ4v) is 2.65. The van der Waals surface area contributed by atoms with Crippen LogP contribution < -0.4 is 5.32 Å². The van der Waals surface area contributed by atoms with Gasteiger partial charge in [0.05, 0.1) is 5.92 Å². The highest BCUT2D eigenvalue weighted by Gasteiger charge is 2.26. The highest BCUT2D eigenvalue weighted by Crippen LogP contribution is 2.18. The number of amides is 2. The van der Waals surface area contributed by atoms with Crippen molar-refractivity contribution in [1.29, 1.82) is 0 Å². The first kappa shape index (κ1) is 14.9. The summed E-state index contributed by atoms with van der Waals surface area (Å²) >= 11 is 6.05. The lowest BCUT2D eigenvalue weighted by molar-refractivity contribution is -0.134. The van der Waals surface area contributed by atoms with Crippen LogP contribution in [0, 0.1) is 5.92 Å². The van der Waals surface area contributed by atoms with E-state index in [0.717, 1.165) is 24.9 Å². The van der Waals surface area contributed by atoms with Gasteiger partial charge < -0.3 is 10.2 Å². The molecule has 0 aliphatic carbocycles. The summed E-state index contributed by atoms with van der Waals surface area (Å²) in [6, 6.07) is 7.46. The average molecular weight is 295 g/mol. The Hall–Kier alpha value is -1.55. The molecular weight excluding hydrogens is 276 g/mol. The first-order chi connectivity index (χ1) is 9.58. The largest absolute Gasteiger partial charge is 0.352 e. The maximum Gasteiger partial charge on any atom is 0.225 e. The van der Waals surface area contributed by atoms with Gasteiger partial charge in [-0.05, 0) is 24.5 Å². The molecule has 0 radical (unpaired) electrons. The Kier molecular flexibility index (Phi) is 5.01. The summed E-state index contributed by atoms with van der Waals surface area (Å²) in [7, 11) is 0. The van der Waals surface area contributed by atoms with E-state index in [2.05, 4.69) is 5.32 Å². The van der Waals surface area contributed by atoms with Crippen molar-refractivity contribution >= 4 is 23.4 Å². The molecule has 5 heteroatoms. The van der Waals surface area contributed by atoms with E-state index in [1.54, 1.807) is 17.9 Å². The molecule has 0 saturated carbocycles. The van der Waals surface area contributed by atoms with E-state index in [-0.39, 0.29) is 17.7 Å². The lowest BCUT2D eigenvalue weighted by Crippen LogP contribution is -2.44. The lowest BCUT2D eigenvalue weighted by Gasteiger charge is -2.31. The zero-order valence-corrected chi connectivity index (χ0v) is 12.3. The number of carbonyl (C=O) groups is 2. The normalized spacial score (nSPS) is 18.7. The standard InChI is InChI=1S/C15H19ClN2O2/c1-11(19)18-8-4-6-13(10-18)15(20)17-9-12-5-2-3-7-14(12)16/h2-3,5,7,13H,4,6,8-10H2,1H3,(H,17,20)/t13-/m0/s1. The van der Waals surface area contributed by atoms with Crippen LogP contribution in [-0.4, -0.2) is 29.8 Å². The van der Waals surface area contributed by atoms with Gasteiger partial charge in [0.25, 0.3) is 0 Å². The van der Waals surface area contributed by atoms with Crippen LogP contribution in [0.1, 0.15) is 25.3 Å². The minimum absolute atomic E-state index is 0.00382. The molecule has 1 aliphatic heterocycles. The number of hydrogen-bond donors (Lipinski definition) is 1. The smallest absolute Gasteiger partial charge is 0.225 e. The number of rotatable bonds is 3. The van der Waals surface area contributed by atoms with E-state index in [4.69, 9.17) is 11.6 Å². The minimum Gasteiger partial charge on any atom is -0.352 e.